The van der Waals surface area contributed by atoms with Crippen LogP contribution in [0.2, 0.25) is 0 Å². The highest BCUT2D eigenvalue weighted by molar-refractivity contribution is 7.99. The normalized spacial score (nSPS) is 18.1. The van der Waals surface area contributed by atoms with Gasteiger partial charge in [0.2, 0.25) is 5.91 Å². The predicted octanol–water partition coefficient (Wildman–Crippen LogP) is 3.96. The van der Waals surface area contributed by atoms with Gasteiger partial charge >= 0.3 is 5.97 Å². The molecule has 0 bridgehead atoms. The molecule has 1 aromatic heterocycles. The Balaban J connectivity index is 1.67. The zero-order valence-electron chi connectivity index (χ0n) is 18.7. The van der Waals surface area contributed by atoms with Crippen LogP contribution in [0.3, 0.4) is 0 Å². The van der Waals surface area contributed by atoms with Crippen molar-refractivity contribution in [2.24, 2.45) is 5.92 Å². The number of rotatable bonds is 6. The number of carbonyl (C=O) groups is 2. The quantitative estimate of drug-likeness (QED) is 0.337. The summed E-state index contributed by atoms with van der Waals surface area (Å²) in [7, 11) is 1.31. The first kappa shape index (κ1) is 23.0. The fraction of sp³-hybridized carbons (Fsp3) is 0.360. The Bertz CT molecular complexity index is 1230. The van der Waals surface area contributed by atoms with E-state index in [0.29, 0.717) is 33.2 Å². The van der Waals surface area contributed by atoms with Crippen molar-refractivity contribution in [3.8, 4) is 5.69 Å². The first-order chi connectivity index (χ1) is 16.0. The van der Waals surface area contributed by atoms with Gasteiger partial charge in [-0.05, 0) is 49.1 Å². The van der Waals surface area contributed by atoms with Gasteiger partial charge in [0, 0.05) is 6.04 Å². The number of nitrogens with one attached hydrogen (secondary N) is 1. The monoisotopic (exact) mass is 465 g/mol. The van der Waals surface area contributed by atoms with Gasteiger partial charge in [-0.1, -0.05) is 49.7 Å². The SMILES string of the molecule is COC(=O)c1ccc2c(=O)n(-c3ccccc3)c(SCC(=O)NC3CCCCC3C)nc2c1. The number of benzene rings is 2. The molecule has 1 N–H and O–H groups in total. The molecule has 172 valence electrons. The summed E-state index contributed by atoms with van der Waals surface area (Å²) in [5.41, 5.74) is 1.11. The number of ether oxygens (including phenoxy) is 1. The number of thioether (sulfide) groups is 1. The summed E-state index contributed by atoms with van der Waals surface area (Å²) in [6.07, 6.45) is 4.46. The number of hydrogen-bond donors (Lipinski definition) is 1. The summed E-state index contributed by atoms with van der Waals surface area (Å²) in [6.45, 7) is 2.17. The lowest BCUT2D eigenvalue weighted by atomic mass is 9.86. The summed E-state index contributed by atoms with van der Waals surface area (Å²) < 4.78 is 6.31. The number of aromatic nitrogens is 2. The highest BCUT2D eigenvalue weighted by Gasteiger charge is 2.23. The van der Waals surface area contributed by atoms with Crippen molar-refractivity contribution in [3.63, 3.8) is 0 Å². The van der Waals surface area contributed by atoms with Gasteiger partial charge in [0.15, 0.2) is 5.16 Å². The molecule has 2 aromatic carbocycles. The Morgan fingerprint density at radius 2 is 1.91 bits per heavy atom. The second kappa shape index (κ2) is 10.2. The third kappa shape index (κ3) is 5.11. The molecule has 0 radical (unpaired) electrons. The maximum absolute atomic E-state index is 13.4. The maximum atomic E-state index is 13.4. The Morgan fingerprint density at radius 3 is 2.64 bits per heavy atom. The summed E-state index contributed by atoms with van der Waals surface area (Å²) in [4.78, 5) is 42.7. The number of nitrogens with zero attached hydrogens (tertiary/aromatic N) is 2. The van der Waals surface area contributed by atoms with E-state index in [1.165, 1.54) is 29.9 Å². The Morgan fingerprint density at radius 1 is 1.15 bits per heavy atom. The van der Waals surface area contributed by atoms with E-state index in [-0.39, 0.29) is 23.3 Å². The number of esters is 1. The van der Waals surface area contributed by atoms with E-state index in [1.54, 1.807) is 18.2 Å². The largest absolute Gasteiger partial charge is 0.465 e. The Hall–Kier alpha value is -3.13. The summed E-state index contributed by atoms with van der Waals surface area (Å²) >= 11 is 1.21. The van der Waals surface area contributed by atoms with Crippen molar-refractivity contribution in [1.82, 2.24) is 14.9 Å². The molecule has 2 unspecified atom stereocenters. The van der Waals surface area contributed by atoms with Gasteiger partial charge in [0.05, 0.1) is 35.0 Å². The van der Waals surface area contributed by atoms with Crippen molar-refractivity contribution < 1.29 is 14.3 Å². The third-order valence-electron chi connectivity index (χ3n) is 6.06. The zero-order valence-corrected chi connectivity index (χ0v) is 19.6. The highest BCUT2D eigenvalue weighted by atomic mass is 32.2. The molecule has 0 saturated heterocycles. The van der Waals surface area contributed by atoms with E-state index in [0.717, 1.165) is 19.3 Å². The lowest BCUT2D eigenvalue weighted by Crippen LogP contribution is -2.41. The van der Waals surface area contributed by atoms with Crippen LogP contribution in [0.15, 0.2) is 58.5 Å². The van der Waals surface area contributed by atoms with Crippen LogP contribution in [0.5, 0.6) is 0 Å². The van der Waals surface area contributed by atoms with Gasteiger partial charge in [0.25, 0.3) is 5.56 Å². The van der Waals surface area contributed by atoms with Crippen molar-refractivity contribution in [1.29, 1.82) is 0 Å². The minimum absolute atomic E-state index is 0.0731. The molecule has 1 saturated carbocycles. The first-order valence-corrected chi connectivity index (χ1v) is 12.1. The minimum atomic E-state index is -0.499. The van der Waals surface area contributed by atoms with Crippen molar-refractivity contribution in [3.05, 3.63) is 64.4 Å². The van der Waals surface area contributed by atoms with Gasteiger partial charge in [0.1, 0.15) is 0 Å². The van der Waals surface area contributed by atoms with E-state index in [2.05, 4.69) is 17.2 Å². The summed E-state index contributed by atoms with van der Waals surface area (Å²) in [6, 6.07) is 14.1. The van der Waals surface area contributed by atoms with Gasteiger partial charge < -0.3 is 10.1 Å². The van der Waals surface area contributed by atoms with Crippen molar-refractivity contribution in [2.45, 2.75) is 43.8 Å². The topological polar surface area (TPSA) is 90.3 Å². The molecule has 2 atom stereocenters. The van der Waals surface area contributed by atoms with Crippen LogP contribution in [0, 0.1) is 5.92 Å². The number of amides is 1. The highest BCUT2D eigenvalue weighted by Crippen LogP contribution is 2.25. The van der Waals surface area contributed by atoms with Crippen LogP contribution < -0.4 is 10.9 Å². The molecule has 1 fully saturated rings. The molecule has 4 rings (SSSR count). The molecule has 1 aliphatic carbocycles. The maximum Gasteiger partial charge on any atom is 0.337 e. The van der Waals surface area contributed by atoms with E-state index in [4.69, 9.17) is 4.74 Å². The molecule has 0 spiro atoms. The van der Waals surface area contributed by atoms with E-state index < -0.39 is 5.97 Å². The number of carbonyl (C=O) groups excluding carboxylic acids is 2. The predicted molar refractivity (Wildman–Crippen MR) is 129 cm³/mol. The smallest absolute Gasteiger partial charge is 0.337 e. The van der Waals surface area contributed by atoms with E-state index in [1.807, 2.05) is 30.3 Å². The second-order valence-electron chi connectivity index (χ2n) is 8.32. The summed E-state index contributed by atoms with van der Waals surface area (Å²) in [5.74, 6) is 0.0351. The van der Waals surface area contributed by atoms with Gasteiger partial charge in [-0.2, -0.15) is 0 Å². The van der Waals surface area contributed by atoms with Crippen molar-refractivity contribution in [2.75, 3.05) is 12.9 Å². The number of fused-ring (bicyclic) bond motifs is 1. The average Bonchev–Trinajstić information content (AvgIpc) is 2.84. The molecular formula is C25H27N3O4S. The van der Waals surface area contributed by atoms with Crippen LogP contribution in [0.1, 0.15) is 43.0 Å². The van der Waals surface area contributed by atoms with E-state index >= 15 is 0 Å². The fourth-order valence-corrected chi connectivity index (χ4v) is 5.04. The van der Waals surface area contributed by atoms with Gasteiger partial charge in [-0.25, -0.2) is 9.78 Å². The average molecular weight is 466 g/mol. The minimum Gasteiger partial charge on any atom is -0.465 e. The molecule has 1 aliphatic rings. The Labute approximate surface area is 196 Å². The number of methoxy groups -OCH3 is 1. The molecule has 7 nitrogen and oxygen atoms in total. The Kier molecular flexibility index (Phi) is 7.13. The third-order valence-corrected chi connectivity index (χ3v) is 7.00. The lowest BCUT2D eigenvalue weighted by Gasteiger charge is -2.29. The molecule has 0 aliphatic heterocycles. The van der Waals surface area contributed by atoms with Gasteiger partial charge in [-0.3, -0.25) is 14.2 Å². The molecule has 33 heavy (non-hydrogen) atoms. The van der Waals surface area contributed by atoms with Crippen molar-refractivity contribution >= 4 is 34.5 Å². The van der Waals surface area contributed by atoms with Crippen LogP contribution in [-0.2, 0) is 9.53 Å². The van der Waals surface area contributed by atoms with Crippen LogP contribution in [0.25, 0.3) is 16.6 Å². The van der Waals surface area contributed by atoms with Crippen LogP contribution in [0.4, 0.5) is 0 Å². The summed E-state index contributed by atoms with van der Waals surface area (Å²) in [5, 5.41) is 3.93. The molecular weight excluding hydrogens is 438 g/mol. The second-order valence-corrected chi connectivity index (χ2v) is 9.26. The number of para-hydroxylation sites is 1. The van der Waals surface area contributed by atoms with Crippen LogP contribution >= 0.6 is 11.8 Å². The number of hydrogen-bond acceptors (Lipinski definition) is 6. The molecule has 3 aromatic rings. The molecule has 8 heteroatoms. The molecule has 1 heterocycles. The molecule has 1 amide bonds. The first-order valence-electron chi connectivity index (χ1n) is 11.1. The standard InChI is InChI=1S/C25H27N3O4S/c1-16-8-6-7-11-20(16)26-22(29)15-33-25-27-21-14-17(24(31)32-2)12-13-19(21)23(30)28(25)18-9-4-3-5-10-18/h3-5,9-10,12-14,16,20H,6-8,11,15H2,1-2H3,(H,26,29). The zero-order chi connectivity index (χ0) is 23.4. The fourth-order valence-electron chi connectivity index (χ4n) is 4.22. The lowest BCUT2D eigenvalue weighted by molar-refractivity contribution is -0.119. The van der Waals surface area contributed by atoms with Crippen LogP contribution in [-0.4, -0.2) is 40.3 Å². The van der Waals surface area contributed by atoms with Gasteiger partial charge in [-0.15, -0.1) is 0 Å². The van der Waals surface area contributed by atoms with E-state index in [9.17, 15) is 14.4 Å².